The lowest BCUT2D eigenvalue weighted by atomic mass is 10.1. The first-order valence-electron chi connectivity index (χ1n) is 6.55. The number of allylic oxidation sites excluding steroid dienone is 3. The number of carbonyl (C=O) groups is 3. The Labute approximate surface area is 124 Å². The molecule has 0 saturated carbocycles. The smallest absolute Gasteiger partial charge is 0.331 e. The van der Waals surface area contributed by atoms with Crippen LogP contribution >= 0.6 is 0 Å². The van der Waals surface area contributed by atoms with Gasteiger partial charge in [0.1, 0.15) is 6.61 Å². The van der Waals surface area contributed by atoms with Gasteiger partial charge in [-0.15, -0.1) is 0 Å². The van der Waals surface area contributed by atoms with Crippen LogP contribution < -0.4 is 11.1 Å². The zero-order valence-electron chi connectivity index (χ0n) is 12.6. The van der Waals surface area contributed by atoms with Gasteiger partial charge >= 0.3 is 12.0 Å². The van der Waals surface area contributed by atoms with Crippen LogP contribution in [0.1, 0.15) is 33.6 Å². The molecule has 0 aliphatic rings. The van der Waals surface area contributed by atoms with Gasteiger partial charge in [0.15, 0.2) is 0 Å². The number of nitrogens with one attached hydrogen (secondary N) is 1. The second-order valence-corrected chi connectivity index (χ2v) is 4.69. The molecule has 6 heteroatoms. The first kappa shape index (κ1) is 18.6. The average Bonchev–Trinajstić information content (AvgIpc) is 2.35. The van der Waals surface area contributed by atoms with Crippen molar-refractivity contribution in [3.05, 3.63) is 35.5 Å². The van der Waals surface area contributed by atoms with Gasteiger partial charge in [0.05, 0.1) is 0 Å². The Kier molecular flexibility index (Phi) is 9.25. The van der Waals surface area contributed by atoms with Crippen LogP contribution in [0, 0.1) is 0 Å². The zero-order chi connectivity index (χ0) is 16.3. The molecule has 21 heavy (non-hydrogen) atoms. The van der Waals surface area contributed by atoms with E-state index >= 15 is 0 Å². The minimum atomic E-state index is -0.979. The molecule has 0 fully saturated rings. The molecule has 0 radical (unpaired) electrons. The predicted molar refractivity (Wildman–Crippen MR) is 80.2 cm³/mol. The van der Waals surface area contributed by atoms with Gasteiger partial charge in [0.2, 0.25) is 0 Å². The third kappa shape index (κ3) is 12.4. The first-order chi connectivity index (χ1) is 9.81. The molecule has 0 aromatic heterocycles. The number of urea groups is 1. The lowest BCUT2D eigenvalue weighted by Gasteiger charge is -2.01. The van der Waals surface area contributed by atoms with Crippen LogP contribution in [-0.4, -0.2) is 24.5 Å². The number of esters is 1. The number of hydrogen-bond acceptors (Lipinski definition) is 4. The minimum absolute atomic E-state index is 0.140. The van der Waals surface area contributed by atoms with Gasteiger partial charge in [-0.2, -0.15) is 0 Å². The summed E-state index contributed by atoms with van der Waals surface area (Å²) >= 11 is 0. The molecule has 0 atom stereocenters. The molecule has 0 rings (SSSR count). The molecular weight excluding hydrogens is 272 g/mol. The molecule has 0 heterocycles. The second-order valence-electron chi connectivity index (χ2n) is 4.69. The van der Waals surface area contributed by atoms with E-state index in [1.165, 1.54) is 5.57 Å². The monoisotopic (exact) mass is 294 g/mol. The molecule has 0 saturated heterocycles. The van der Waals surface area contributed by atoms with E-state index in [1.807, 2.05) is 26.8 Å². The number of nitrogens with two attached hydrogens (primary N) is 1. The Balaban J connectivity index is 4.02. The summed E-state index contributed by atoms with van der Waals surface area (Å²) in [5.74, 6) is -1.43. The van der Waals surface area contributed by atoms with Gasteiger partial charge < -0.3 is 10.5 Å². The highest BCUT2D eigenvalue weighted by Crippen LogP contribution is 2.06. The van der Waals surface area contributed by atoms with Crippen molar-refractivity contribution >= 4 is 17.9 Å². The van der Waals surface area contributed by atoms with E-state index in [-0.39, 0.29) is 6.61 Å². The SMILES string of the molecule is CC(C)=CCC/C(C)=C/COC(=O)C=CC(=O)NC(N)=O. The fourth-order valence-corrected chi connectivity index (χ4v) is 1.31. The second kappa shape index (κ2) is 10.4. The zero-order valence-corrected chi connectivity index (χ0v) is 12.6. The van der Waals surface area contributed by atoms with Gasteiger partial charge in [-0.1, -0.05) is 17.2 Å². The van der Waals surface area contributed by atoms with Gasteiger partial charge in [-0.05, 0) is 39.7 Å². The Hall–Kier alpha value is -2.37. The molecule has 0 spiro atoms. The summed E-state index contributed by atoms with van der Waals surface area (Å²) in [6.07, 6.45) is 7.63. The predicted octanol–water partition coefficient (Wildman–Crippen LogP) is 1.97. The van der Waals surface area contributed by atoms with Crippen molar-refractivity contribution < 1.29 is 19.1 Å². The molecule has 0 aromatic carbocycles. The van der Waals surface area contributed by atoms with Crippen molar-refractivity contribution in [2.75, 3.05) is 6.61 Å². The number of imide groups is 1. The fourth-order valence-electron chi connectivity index (χ4n) is 1.31. The Bertz CT molecular complexity index is 472. The Morgan fingerprint density at radius 2 is 1.76 bits per heavy atom. The number of amides is 3. The van der Waals surface area contributed by atoms with Crippen molar-refractivity contribution in [1.29, 1.82) is 0 Å². The van der Waals surface area contributed by atoms with E-state index in [1.54, 1.807) is 5.32 Å². The lowest BCUT2D eigenvalue weighted by molar-refractivity contribution is -0.136. The van der Waals surface area contributed by atoms with Crippen LogP contribution in [0.5, 0.6) is 0 Å². The van der Waals surface area contributed by atoms with Gasteiger partial charge in [0, 0.05) is 12.2 Å². The molecule has 0 aliphatic heterocycles. The van der Waals surface area contributed by atoms with Crippen LogP contribution in [0.2, 0.25) is 0 Å². The summed E-state index contributed by atoms with van der Waals surface area (Å²) in [6, 6.07) is -0.979. The average molecular weight is 294 g/mol. The topological polar surface area (TPSA) is 98.5 Å². The maximum Gasteiger partial charge on any atom is 0.331 e. The molecular formula is C15H22N2O4. The standard InChI is InChI=1S/C15H22N2O4/c1-11(2)5-4-6-12(3)9-10-21-14(19)8-7-13(18)17-15(16)20/h5,7-9H,4,6,10H2,1-3H3,(H3,16,17,18,20)/b8-7?,12-9+. The highest BCUT2D eigenvalue weighted by atomic mass is 16.5. The van der Waals surface area contributed by atoms with Gasteiger partial charge in [-0.25, -0.2) is 9.59 Å². The largest absolute Gasteiger partial charge is 0.458 e. The number of hydrogen-bond donors (Lipinski definition) is 2. The normalized spacial score (nSPS) is 11.1. The number of ether oxygens (including phenoxy) is 1. The van der Waals surface area contributed by atoms with E-state index in [9.17, 15) is 14.4 Å². The van der Waals surface area contributed by atoms with Gasteiger partial charge in [-0.3, -0.25) is 10.1 Å². The number of rotatable bonds is 7. The minimum Gasteiger partial charge on any atom is -0.458 e. The van der Waals surface area contributed by atoms with Crippen molar-refractivity contribution in [3.8, 4) is 0 Å². The third-order valence-corrected chi connectivity index (χ3v) is 2.37. The summed E-state index contributed by atoms with van der Waals surface area (Å²) in [4.78, 5) is 32.6. The van der Waals surface area contributed by atoms with Crippen molar-refractivity contribution in [3.63, 3.8) is 0 Å². The summed E-state index contributed by atoms with van der Waals surface area (Å²) in [7, 11) is 0. The van der Waals surface area contributed by atoms with Gasteiger partial charge in [0.25, 0.3) is 5.91 Å². The summed E-state index contributed by atoms with van der Waals surface area (Å²) in [6.45, 7) is 6.19. The van der Waals surface area contributed by atoms with Crippen LogP contribution in [-0.2, 0) is 14.3 Å². The summed E-state index contributed by atoms with van der Waals surface area (Å²) in [5.41, 5.74) is 7.13. The highest BCUT2D eigenvalue weighted by molar-refractivity contribution is 6.02. The quantitative estimate of drug-likeness (QED) is 0.426. The Morgan fingerprint density at radius 1 is 1.10 bits per heavy atom. The number of primary amides is 1. The molecule has 0 bridgehead atoms. The van der Waals surface area contributed by atoms with Crippen LogP contribution in [0.4, 0.5) is 4.79 Å². The molecule has 6 nitrogen and oxygen atoms in total. The van der Waals surface area contributed by atoms with Crippen molar-refractivity contribution in [2.45, 2.75) is 33.6 Å². The maximum atomic E-state index is 11.3. The fraction of sp³-hybridized carbons (Fsp3) is 0.400. The van der Waals surface area contributed by atoms with Crippen LogP contribution in [0.25, 0.3) is 0 Å². The first-order valence-corrected chi connectivity index (χ1v) is 6.55. The third-order valence-electron chi connectivity index (χ3n) is 2.37. The molecule has 0 unspecified atom stereocenters. The van der Waals surface area contributed by atoms with E-state index in [0.29, 0.717) is 0 Å². The van der Waals surface area contributed by atoms with Crippen molar-refractivity contribution in [1.82, 2.24) is 5.32 Å². The van der Waals surface area contributed by atoms with Crippen LogP contribution in [0.15, 0.2) is 35.5 Å². The molecule has 3 N–H and O–H groups in total. The summed E-state index contributed by atoms with van der Waals surface area (Å²) in [5, 5.41) is 1.79. The number of carbonyl (C=O) groups excluding carboxylic acids is 3. The van der Waals surface area contributed by atoms with E-state index in [4.69, 9.17) is 10.5 Å². The van der Waals surface area contributed by atoms with E-state index in [0.717, 1.165) is 30.6 Å². The van der Waals surface area contributed by atoms with Crippen molar-refractivity contribution in [2.24, 2.45) is 5.73 Å². The van der Waals surface area contributed by atoms with Crippen LogP contribution in [0.3, 0.4) is 0 Å². The Morgan fingerprint density at radius 3 is 2.33 bits per heavy atom. The molecule has 3 amide bonds. The molecule has 116 valence electrons. The highest BCUT2D eigenvalue weighted by Gasteiger charge is 2.01. The maximum absolute atomic E-state index is 11.3. The van der Waals surface area contributed by atoms with E-state index in [2.05, 4.69) is 6.08 Å². The summed E-state index contributed by atoms with van der Waals surface area (Å²) < 4.78 is 4.88. The molecule has 0 aliphatic carbocycles. The van der Waals surface area contributed by atoms with E-state index < -0.39 is 17.9 Å². The lowest BCUT2D eigenvalue weighted by Crippen LogP contribution is -2.33. The molecule has 0 aromatic rings.